The molecule has 0 aromatic carbocycles. The highest BCUT2D eigenvalue weighted by Crippen LogP contribution is 2.43. The summed E-state index contributed by atoms with van der Waals surface area (Å²) >= 11 is 0. The Morgan fingerprint density at radius 1 is 0.397 bits per heavy atom. The minimum atomic E-state index is -4.38. The molecule has 68 heavy (non-hydrogen) atoms. The number of rotatable bonds is 56. The van der Waals surface area contributed by atoms with E-state index in [2.05, 4.69) is 13.8 Å². The topological polar surface area (TPSA) is 108 Å². The van der Waals surface area contributed by atoms with E-state index in [9.17, 15) is 19.0 Å². The number of carbonyl (C=O) groups excluding carboxylic acids is 2. The molecule has 0 aliphatic carbocycles. The lowest BCUT2D eigenvalue weighted by Crippen LogP contribution is -2.37. The molecule has 0 fully saturated rings. The number of ether oxygens (including phenoxy) is 2. The maximum Gasteiger partial charge on any atom is 0.472 e. The summed E-state index contributed by atoms with van der Waals surface area (Å²) in [6, 6.07) is 0. The van der Waals surface area contributed by atoms with Crippen molar-refractivity contribution in [3.63, 3.8) is 0 Å². The van der Waals surface area contributed by atoms with Crippen molar-refractivity contribution in [2.75, 3.05) is 47.5 Å². The van der Waals surface area contributed by atoms with Crippen LogP contribution in [0.5, 0.6) is 0 Å². The number of phosphoric acid groups is 1. The van der Waals surface area contributed by atoms with Crippen LogP contribution in [0.1, 0.15) is 309 Å². The second kappa shape index (κ2) is 50.9. The normalized spacial score (nSPS) is 13.2. The van der Waals surface area contributed by atoms with Gasteiger partial charge in [0.05, 0.1) is 27.7 Å². The molecule has 0 heterocycles. The Morgan fingerprint density at radius 2 is 0.662 bits per heavy atom. The molecule has 1 N–H and O–H groups in total. The van der Waals surface area contributed by atoms with Gasteiger partial charge < -0.3 is 18.9 Å². The highest BCUT2D eigenvalue weighted by molar-refractivity contribution is 7.47. The third kappa shape index (κ3) is 54.3. The molecular formula is C58H117NO8P+. The predicted molar refractivity (Wildman–Crippen MR) is 289 cm³/mol. The molecule has 0 aliphatic heterocycles. The molecule has 0 rings (SSSR count). The van der Waals surface area contributed by atoms with Gasteiger partial charge in [0.25, 0.3) is 0 Å². The van der Waals surface area contributed by atoms with E-state index in [1.165, 1.54) is 244 Å². The molecule has 0 saturated carbocycles. The quantitative estimate of drug-likeness (QED) is 0.0278. The van der Waals surface area contributed by atoms with E-state index in [0.29, 0.717) is 17.4 Å². The third-order valence-corrected chi connectivity index (χ3v) is 14.6. The SMILES string of the molecule is CCCCCCCCCCCCCCCCCCCCCCCCCCCCCCCC(=O)OC(COC(=O)CCCCCCCCCCCCCCCCC)COP(=O)(O)OCC[N+](C)(C)C. The van der Waals surface area contributed by atoms with Gasteiger partial charge in [0.2, 0.25) is 0 Å². The van der Waals surface area contributed by atoms with Crippen LogP contribution in [-0.4, -0.2) is 74.9 Å². The average Bonchev–Trinajstić information content (AvgIpc) is 3.30. The van der Waals surface area contributed by atoms with Gasteiger partial charge in [0, 0.05) is 12.8 Å². The van der Waals surface area contributed by atoms with E-state index < -0.39 is 26.5 Å². The molecule has 0 amide bonds. The molecule has 0 aromatic rings. The fourth-order valence-corrected chi connectivity index (χ4v) is 9.76. The molecule has 0 aromatic heterocycles. The molecule has 2 unspecified atom stereocenters. The number of esters is 2. The van der Waals surface area contributed by atoms with Gasteiger partial charge in [-0.2, -0.15) is 0 Å². The number of unbranched alkanes of at least 4 members (excludes halogenated alkanes) is 42. The first-order valence-corrected chi connectivity index (χ1v) is 31.3. The summed E-state index contributed by atoms with van der Waals surface area (Å²) < 4.78 is 34.6. The van der Waals surface area contributed by atoms with Gasteiger partial charge >= 0.3 is 19.8 Å². The first kappa shape index (κ1) is 67.0. The predicted octanol–water partition coefficient (Wildman–Crippen LogP) is 18.3. The van der Waals surface area contributed by atoms with Crippen molar-refractivity contribution in [1.29, 1.82) is 0 Å². The third-order valence-electron chi connectivity index (χ3n) is 13.6. The van der Waals surface area contributed by atoms with E-state index >= 15 is 0 Å². The number of likely N-dealkylation sites (N-methyl/N-ethyl adjacent to an activating group) is 1. The minimum Gasteiger partial charge on any atom is -0.462 e. The van der Waals surface area contributed by atoms with Gasteiger partial charge in [-0.15, -0.1) is 0 Å². The van der Waals surface area contributed by atoms with Crippen LogP contribution in [0.3, 0.4) is 0 Å². The lowest BCUT2D eigenvalue weighted by Gasteiger charge is -2.24. The van der Waals surface area contributed by atoms with Crippen LogP contribution in [0.25, 0.3) is 0 Å². The maximum absolute atomic E-state index is 12.8. The number of phosphoric ester groups is 1. The Labute approximate surface area is 423 Å². The number of quaternary nitrogens is 1. The lowest BCUT2D eigenvalue weighted by molar-refractivity contribution is -0.870. The zero-order valence-electron chi connectivity index (χ0n) is 46.1. The fourth-order valence-electron chi connectivity index (χ4n) is 9.02. The zero-order chi connectivity index (χ0) is 49.9. The van der Waals surface area contributed by atoms with Crippen molar-refractivity contribution in [2.45, 2.75) is 315 Å². The average molecular weight is 988 g/mol. The van der Waals surface area contributed by atoms with Crippen LogP contribution < -0.4 is 0 Å². The molecule has 0 aliphatic rings. The van der Waals surface area contributed by atoms with Gasteiger partial charge in [-0.05, 0) is 12.8 Å². The Kier molecular flexibility index (Phi) is 50.2. The molecule has 10 heteroatoms. The van der Waals surface area contributed by atoms with Gasteiger partial charge in [-0.25, -0.2) is 4.57 Å². The van der Waals surface area contributed by atoms with Crippen molar-refractivity contribution in [1.82, 2.24) is 0 Å². The van der Waals surface area contributed by atoms with Crippen LogP contribution >= 0.6 is 7.82 Å². The zero-order valence-corrected chi connectivity index (χ0v) is 47.0. The molecule has 2 atom stereocenters. The van der Waals surface area contributed by atoms with Crippen LogP contribution in [0.15, 0.2) is 0 Å². The largest absolute Gasteiger partial charge is 0.472 e. The van der Waals surface area contributed by atoms with E-state index in [1.807, 2.05) is 21.1 Å². The summed E-state index contributed by atoms with van der Waals surface area (Å²) in [5, 5.41) is 0. The van der Waals surface area contributed by atoms with E-state index in [-0.39, 0.29) is 25.6 Å². The number of hydrogen-bond donors (Lipinski definition) is 1. The first-order chi connectivity index (χ1) is 33.0. The van der Waals surface area contributed by atoms with Crippen molar-refractivity contribution in [2.24, 2.45) is 0 Å². The van der Waals surface area contributed by atoms with Crippen LogP contribution in [0.4, 0.5) is 0 Å². The molecule has 0 radical (unpaired) electrons. The Morgan fingerprint density at radius 3 is 0.941 bits per heavy atom. The Bertz CT molecular complexity index is 1120. The molecular weight excluding hydrogens is 870 g/mol. The highest BCUT2D eigenvalue weighted by Gasteiger charge is 2.27. The fraction of sp³-hybridized carbons (Fsp3) is 0.966. The smallest absolute Gasteiger partial charge is 0.462 e. The van der Waals surface area contributed by atoms with Gasteiger partial charge in [-0.1, -0.05) is 284 Å². The van der Waals surface area contributed by atoms with Crippen LogP contribution in [-0.2, 0) is 32.7 Å². The standard InChI is InChI=1S/C58H116NO8P/c1-6-8-10-12-14-16-18-20-22-23-24-25-26-27-28-29-30-31-32-33-34-35-37-39-41-43-45-47-49-51-58(61)67-56(55-66-68(62,63)65-53-52-59(3,4)5)54-64-57(60)50-48-46-44-42-40-38-36-21-19-17-15-13-11-9-7-2/h56H,6-55H2,1-5H3/p+1. The molecule has 0 spiro atoms. The van der Waals surface area contributed by atoms with Crippen molar-refractivity contribution in [3.05, 3.63) is 0 Å². The molecule has 0 saturated heterocycles. The van der Waals surface area contributed by atoms with E-state index in [1.54, 1.807) is 0 Å². The van der Waals surface area contributed by atoms with E-state index in [0.717, 1.165) is 38.5 Å². The highest BCUT2D eigenvalue weighted by atomic mass is 31.2. The Balaban J connectivity index is 4.01. The number of carbonyl (C=O) groups is 2. The summed E-state index contributed by atoms with van der Waals surface area (Å²) in [6.07, 6.45) is 57.5. The molecule has 9 nitrogen and oxygen atoms in total. The van der Waals surface area contributed by atoms with Gasteiger partial charge in [0.1, 0.15) is 19.8 Å². The second-order valence-electron chi connectivity index (χ2n) is 21.8. The lowest BCUT2D eigenvalue weighted by atomic mass is 10.0. The summed E-state index contributed by atoms with van der Waals surface area (Å²) in [4.78, 5) is 35.6. The monoisotopic (exact) mass is 987 g/mol. The van der Waals surface area contributed by atoms with Crippen molar-refractivity contribution < 1.29 is 42.1 Å². The van der Waals surface area contributed by atoms with E-state index in [4.69, 9.17) is 18.5 Å². The second-order valence-corrected chi connectivity index (χ2v) is 23.2. The minimum absolute atomic E-state index is 0.0373. The summed E-state index contributed by atoms with van der Waals surface area (Å²) in [5.41, 5.74) is 0. The summed E-state index contributed by atoms with van der Waals surface area (Å²) in [6.45, 7) is 4.50. The summed E-state index contributed by atoms with van der Waals surface area (Å²) in [5.74, 6) is -0.774. The Hall–Kier alpha value is -0.990. The number of nitrogens with zero attached hydrogens (tertiary/aromatic N) is 1. The first-order valence-electron chi connectivity index (χ1n) is 29.8. The van der Waals surface area contributed by atoms with Crippen LogP contribution in [0.2, 0.25) is 0 Å². The number of hydrogen-bond acceptors (Lipinski definition) is 7. The van der Waals surface area contributed by atoms with Gasteiger partial charge in [0.15, 0.2) is 6.10 Å². The van der Waals surface area contributed by atoms with Crippen molar-refractivity contribution in [3.8, 4) is 0 Å². The molecule has 0 bridgehead atoms. The molecule has 406 valence electrons. The summed E-state index contributed by atoms with van der Waals surface area (Å²) in [7, 11) is 1.50. The maximum atomic E-state index is 12.8. The van der Waals surface area contributed by atoms with Crippen molar-refractivity contribution >= 4 is 19.8 Å². The van der Waals surface area contributed by atoms with Crippen LogP contribution in [0, 0.1) is 0 Å². The van der Waals surface area contributed by atoms with Gasteiger partial charge in [-0.3, -0.25) is 18.6 Å².